The Balaban J connectivity index is 1.53. The minimum absolute atomic E-state index is 0.0406. The number of piperazine rings is 1. The molecule has 2 aliphatic carbocycles. The van der Waals surface area contributed by atoms with E-state index in [4.69, 9.17) is 9.57 Å². The van der Waals surface area contributed by atoms with Gasteiger partial charge in [-0.15, -0.1) is 0 Å². The van der Waals surface area contributed by atoms with E-state index < -0.39 is 47.5 Å². The number of alkyl carbamates (subject to hydrolysis) is 1. The van der Waals surface area contributed by atoms with E-state index in [2.05, 4.69) is 20.9 Å². The SMILES string of the molecule is CON(C)C(=O)N[C@@H](C(=O)N1CCN(C)[C@H](C)C1)[C@@H](C)c1ccc(NC(=O)[C@@H](NC(=O)OC(C)(C)C)C(C2CC2)C2CC2)c(F)c1. The van der Waals surface area contributed by atoms with E-state index >= 15 is 4.39 Å². The van der Waals surface area contributed by atoms with Gasteiger partial charge >= 0.3 is 12.1 Å². The van der Waals surface area contributed by atoms with Crippen LogP contribution in [0.5, 0.6) is 0 Å². The summed E-state index contributed by atoms with van der Waals surface area (Å²) in [6.45, 7) is 10.7. The van der Waals surface area contributed by atoms with Gasteiger partial charge in [0.2, 0.25) is 11.8 Å². The molecule has 4 atom stereocenters. The second kappa shape index (κ2) is 14.5. The van der Waals surface area contributed by atoms with Crippen LogP contribution in [-0.2, 0) is 19.2 Å². The van der Waals surface area contributed by atoms with Gasteiger partial charge in [-0.25, -0.2) is 19.0 Å². The maximum Gasteiger partial charge on any atom is 0.408 e. The summed E-state index contributed by atoms with van der Waals surface area (Å²) >= 11 is 0. The third-order valence-corrected chi connectivity index (χ3v) is 9.33. The molecule has 0 radical (unpaired) electrons. The molecule has 1 aliphatic heterocycles. The zero-order valence-electron chi connectivity index (χ0n) is 28.4. The number of likely N-dealkylation sites (N-methyl/N-ethyl adjacent to an activating group) is 1. The van der Waals surface area contributed by atoms with Crippen molar-refractivity contribution in [2.75, 3.05) is 46.2 Å². The molecule has 3 aliphatic rings. The molecule has 3 N–H and O–H groups in total. The predicted octanol–water partition coefficient (Wildman–Crippen LogP) is 3.93. The smallest absolute Gasteiger partial charge is 0.408 e. The lowest BCUT2D eigenvalue weighted by Gasteiger charge is -2.40. The van der Waals surface area contributed by atoms with E-state index in [1.54, 1.807) is 38.7 Å². The van der Waals surface area contributed by atoms with Gasteiger partial charge in [-0.1, -0.05) is 13.0 Å². The highest BCUT2D eigenvalue weighted by atomic mass is 19.1. The Morgan fingerprint density at radius 3 is 2.17 bits per heavy atom. The molecule has 1 saturated heterocycles. The average molecular weight is 647 g/mol. The Labute approximate surface area is 271 Å². The first-order chi connectivity index (χ1) is 21.6. The number of anilines is 1. The predicted molar refractivity (Wildman–Crippen MR) is 171 cm³/mol. The van der Waals surface area contributed by atoms with Gasteiger partial charge in [-0.3, -0.25) is 14.4 Å². The topological polar surface area (TPSA) is 133 Å². The van der Waals surface area contributed by atoms with Crippen LogP contribution in [0, 0.1) is 23.6 Å². The number of hydrogen-bond donors (Lipinski definition) is 3. The van der Waals surface area contributed by atoms with Crippen molar-refractivity contribution < 1.29 is 33.1 Å². The summed E-state index contributed by atoms with van der Waals surface area (Å²) in [6.07, 6.45) is 3.28. The lowest BCUT2D eigenvalue weighted by atomic mass is 9.88. The molecule has 5 amide bonds. The number of carbonyl (C=O) groups excluding carboxylic acids is 4. The van der Waals surface area contributed by atoms with Crippen LogP contribution in [0.4, 0.5) is 19.7 Å². The minimum atomic E-state index is -0.999. The van der Waals surface area contributed by atoms with E-state index in [0.29, 0.717) is 37.0 Å². The zero-order chi connectivity index (χ0) is 33.9. The second-order valence-electron chi connectivity index (χ2n) is 14.1. The van der Waals surface area contributed by atoms with E-state index in [9.17, 15) is 19.2 Å². The first-order valence-electron chi connectivity index (χ1n) is 16.3. The number of nitrogens with zero attached hydrogens (tertiary/aromatic N) is 3. The zero-order valence-corrected chi connectivity index (χ0v) is 28.4. The maximum absolute atomic E-state index is 15.7. The largest absolute Gasteiger partial charge is 0.444 e. The number of nitrogens with one attached hydrogen (secondary N) is 3. The maximum atomic E-state index is 15.7. The van der Waals surface area contributed by atoms with Gasteiger partial charge in [0.15, 0.2) is 0 Å². The lowest BCUT2D eigenvalue weighted by molar-refractivity contribution is -0.136. The third-order valence-electron chi connectivity index (χ3n) is 9.33. The van der Waals surface area contributed by atoms with Crippen molar-refractivity contribution in [3.05, 3.63) is 29.6 Å². The van der Waals surface area contributed by atoms with Crippen molar-refractivity contribution in [2.24, 2.45) is 17.8 Å². The molecule has 12 nitrogen and oxygen atoms in total. The van der Waals surface area contributed by atoms with E-state index in [-0.39, 0.29) is 23.6 Å². The molecule has 0 unspecified atom stereocenters. The van der Waals surface area contributed by atoms with Gasteiger partial charge in [0.05, 0.1) is 12.8 Å². The molecular formula is C33H51FN6O6. The summed E-state index contributed by atoms with van der Waals surface area (Å²) < 4.78 is 21.1. The molecule has 0 spiro atoms. The number of carbonyl (C=O) groups is 4. The molecule has 4 rings (SSSR count). The third kappa shape index (κ3) is 9.09. The fourth-order valence-corrected chi connectivity index (χ4v) is 6.13. The van der Waals surface area contributed by atoms with Gasteiger partial charge in [-0.2, -0.15) is 0 Å². The second-order valence-corrected chi connectivity index (χ2v) is 14.1. The van der Waals surface area contributed by atoms with Crippen LogP contribution in [0.15, 0.2) is 18.2 Å². The van der Waals surface area contributed by atoms with Gasteiger partial charge in [0.1, 0.15) is 23.5 Å². The summed E-state index contributed by atoms with van der Waals surface area (Å²) in [7, 11) is 4.77. The Hall–Kier alpha value is -3.45. The fraction of sp³-hybridized carbons (Fsp3) is 0.697. The molecule has 0 bridgehead atoms. The molecule has 2 saturated carbocycles. The van der Waals surface area contributed by atoms with Crippen LogP contribution in [0.3, 0.4) is 0 Å². The van der Waals surface area contributed by atoms with Crippen molar-refractivity contribution >= 4 is 29.6 Å². The Morgan fingerprint density at radius 1 is 1.02 bits per heavy atom. The summed E-state index contributed by atoms with van der Waals surface area (Å²) in [4.78, 5) is 61.9. The number of benzene rings is 1. The fourth-order valence-electron chi connectivity index (χ4n) is 6.13. The normalized spacial score (nSPS) is 20.8. The van der Waals surface area contributed by atoms with Crippen LogP contribution in [0.1, 0.15) is 71.8 Å². The number of rotatable bonds is 11. The van der Waals surface area contributed by atoms with Crippen molar-refractivity contribution in [2.45, 2.75) is 89.9 Å². The molecule has 13 heteroatoms. The van der Waals surface area contributed by atoms with E-state index in [1.165, 1.54) is 26.3 Å². The van der Waals surface area contributed by atoms with Crippen LogP contribution in [0.25, 0.3) is 0 Å². The number of hydroxylamine groups is 2. The first-order valence-corrected chi connectivity index (χ1v) is 16.3. The number of halogens is 1. The molecular weight excluding hydrogens is 595 g/mol. The summed E-state index contributed by atoms with van der Waals surface area (Å²) in [5, 5.41) is 9.23. The molecule has 1 aromatic rings. The monoisotopic (exact) mass is 646 g/mol. The molecule has 3 fully saturated rings. The van der Waals surface area contributed by atoms with Crippen molar-refractivity contribution in [1.29, 1.82) is 0 Å². The summed E-state index contributed by atoms with van der Waals surface area (Å²) in [5.41, 5.74) is -0.312. The highest BCUT2D eigenvalue weighted by Crippen LogP contribution is 2.51. The molecule has 1 aromatic carbocycles. The highest BCUT2D eigenvalue weighted by molar-refractivity contribution is 5.97. The van der Waals surface area contributed by atoms with Gasteiger partial charge in [0, 0.05) is 38.6 Å². The van der Waals surface area contributed by atoms with Gasteiger partial charge in [-0.05, 0) is 95.9 Å². The number of urea groups is 1. The van der Waals surface area contributed by atoms with Crippen molar-refractivity contribution in [3.63, 3.8) is 0 Å². The Bertz CT molecular complexity index is 1270. The minimum Gasteiger partial charge on any atom is -0.444 e. The summed E-state index contributed by atoms with van der Waals surface area (Å²) in [6, 6.07) is 2.03. The van der Waals surface area contributed by atoms with E-state index in [1.807, 2.05) is 14.0 Å². The number of amides is 5. The quantitative estimate of drug-likeness (QED) is 0.311. The number of hydrogen-bond acceptors (Lipinski definition) is 7. The molecule has 46 heavy (non-hydrogen) atoms. The molecule has 256 valence electrons. The lowest BCUT2D eigenvalue weighted by Crippen LogP contribution is -2.59. The van der Waals surface area contributed by atoms with Crippen LogP contribution in [-0.4, -0.2) is 103 Å². The van der Waals surface area contributed by atoms with E-state index in [0.717, 1.165) is 30.7 Å². The van der Waals surface area contributed by atoms with Crippen LogP contribution < -0.4 is 16.0 Å². The molecule has 0 aromatic heterocycles. The van der Waals surface area contributed by atoms with Crippen molar-refractivity contribution in [1.82, 2.24) is 25.5 Å². The van der Waals surface area contributed by atoms with Crippen molar-refractivity contribution in [3.8, 4) is 0 Å². The van der Waals surface area contributed by atoms with Gasteiger partial charge in [0.25, 0.3) is 0 Å². The average Bonchev–Trinajstić information content (AvgIpc) is 3.92. The Kier molecular flexibility index (Phi) is 11.2. The van der Waals surface area contributed by atoms with Crippen LogP contribution >= 0.6 is 0 Å². The first kappa shape index (κ1) is 35.4. The molecule has 1 heterocycles. The van der Waals surface area contributed by atoms with Gasteiger partial charge < -0.3 is 30.5 Å². The number of ether oxygens (including phenoxy) is 1. The standard InChI is InChI=1S/C33H51FN6O6/c1-19-18-40(16-15-38(19)6)30(42)27(36-31(43)39(7)45-8)20(2)23-13-14-25(24(34)17-23)35-29(41)28(37-32(44)46-33(3,4)5)26(21-9-10-21)22-11-12-22/h13-14,17,19-22,26-28H,9-12,15-16,18H2,1-8H3,(H,35,41)(H,36,43)(H,37,44)/t19-,20+,27-,28+/m1/s1. The van der Waals surface area contributed by atoms with Crippen LogP contribution in [0.2, 0.25) is 0 Å². The summed E-state index contributed by atoms with van der Waals surface area (Å²) in [5.74, 6) is -1.47. The Morgan fingerprint density at radius 2 is 1.65 bits per heavy atom. The highest BCUT2D eigenvalue weighted by Gasteiger charge is 2.48.